The number of hydrogen-bond donors (Lipinski definition) is 13. The average molecular weight is 1050 g/mol. The van der Waals surface area contributed by atoms with Crippen molar-refractivity contribution in [2.75, 3.05) is 26.4 Å². The Morgan fingerprint density at radius 1 is 0.699 bits per heavy atom. The molecule has 13 N–H and O–H groups in total. The lowest BCUT2D eigenvalue weighted by Gasteiger charge is -2.67. The second-order valence-electron chi connectivity index (χ2n) is 24.9. The molecule has 3 saturated carbocycles. The Morgan fingerprint density at radius 2 is 1.33 bits per heavy atom. The lowest BCUT2D eigenvalue weighted by Crippen LogP contribution is -2.65. The van der Waals surface area contributed by atoms with Gasteiger partial charge in [-0.2, -0.15) is 0 Å². The highest BCUT2D eigenvalue weighted by atomic mass is 16.8. The Hall–Kier alpha value is -1.10. The average Bonchev–Trinajstić information content (AvgIpc) is 3.59. The van der Waals surface area contributed by atoms with Crippen molar-refractivity contribution in [2.24, 2.45) is 45.3 Å². The monoisotopic (exact) mass is 1050 g/mol. The molecule has 0 aromatic rings. The summed E-state index contributed by atoms with van der Waals surface area (Å²) in [5, 5.41) is 140. The van der Waals surface area contributed by atoms with E-state index >= 15 is 0 Å². The van der Waals surface area contributed by atoms with E-state index in [1.807, 2.05) is 0 Å². The van der Waals surface area contributed by atoms with Crippen molar-refractivity contribution in [3.8, 4) is 0 Å². The van der Waals surface area contributed by atoms with E-state index in [9.17, 15) is 66.4 Å². The number of hydrogen-bond acceptors (Lipinski definition) is 21. The van der Waals surface area contributed by atoms with Gasteiger partial charge in [-0.15, -0.1) is 0 Å². The SMILES string of the molecule is C[C@H](CCC(O[C@@H]1OC[C@@H](O)[C@H](O)[C@H]1O[C@H]1O[C@@H](CO)[C@H](O)[C@@H](O)[C@@H]1O)C(C)(C)O)[C@H]1CC[C@@]2(C)[C@@H]3CC=C4[C@@H](CC[C@H](O[C@@H]5OC(CO[C@@H]6OCC(O)C[C@H]6O)[C@@H](O)[C@H](O)[C@H]5O)C4(C)C)[C@]3(C)[C@H](O)CC12C. The van der Waals surface area contributed by atoms with Crippen LogP contribution in [0.3, 0.4) is 0 Å². The summed E-state index contributed by atoms with van der Waals surface area (Å²) in [6, 6.07) is 0. The van der Waals surface area contributed by atoms with Gasteiger partial charge in [-0.25, -0.2) is 0 Å². The first-order valence-corrected chi connectivity index (χ1v) is 26.7. The van der Waals surface area contributed by atoms with Crippen LogP contribution in [0, 0.1) is 45.3 Å². The van der Waals surface area contributed by atoms with Crippen LogP contribution < -0.4 is 0 Å². The third-order valence-corrected chi connectivity index (χ3v) is 19.8. The van der Waals surface area contributed by atoms with E-state index in [0.717, 1.165) is 19.3 Å². The maximum atomic E-state index is 12.7. The summed E-state index contributed by atoms with van der Waals surface area (Å²) < 4.78 is 47.5. The summed E-state index contributed by atoms with van der Waals surface area (Å²) in [6.07, 6.45) is -18.2. The van der Waals surface area contributed by atoms with Crippen LogP contribution in [0.1, 0.15) is 113 Å². The Labute approximate surface area is 428 Å². The molecule has 422 valence electrons. The first-order valence-electron chi connectivity index (χ1n) is 26.7. The van der Waals surface area contributed by atoms with Gasteiger partial charge in [0.2, 0.25) is 0 Å². The highest BCUT2D eigenvalue weighted by Gasteiger charge is 2.70. The molecule has 7 fully saturated rings. The van der Waals surface area contributed by atoms with E-state index in [4.69, 9.17) is 37.9 Å². The second kappa shape index (κ2) is 21.9. The van der Waals surface area contributed by atoms with Gasteiger partial charge in [-0.05, 0) is 99.7 Å². The summed E-state index contributed by atoms with van der Waals surface area (Å²) in [4.78, 5) is 0. The predicted octanol–water partition coefficient (Wildman–Crippen LogP) is -0.924. The minimum Gasteiger partial charge on any atom is -0.394 e. The van der Waals surface area contributed by atoms with E-state index in [0.29, 0.717) is 32.1 Å². The van der Waals surface area contributed by atoms with Crippen LogP contribution in [0.2, 0.25) is 0 Å². The summed E-state index contributed by atoms with van der Waals surface area (Å²) in [5.74, 6) is 0.485. The first kappa shape index (κ1) is 58.1. The summed E-state index contributed by atoms with van der Waals surface area (Å²) in [7, 11) is 0. The van der Waals surface area contributed by atoms with E-state index in [-0.39, 0.29) is 60.7 Å². The molecule has 0 amide bonds. The molecule has 0 bridgehead atoms. The molecule has 27 atom stereocenters. The van der Waals surface area contributed by atoms with Crippen LogP contribution in [0.25, 0.3) is 0 Å². The van der Waals surface area contributed by atoms with Gasteiger partial charge in [0.15, 0.2) is 25.2 Å². The maximum Gasteiger partial charge on any atom is 0.187 e. The second-order valence-corrected chi connectivity index (χ2v) is 24.9. The molecule has 0 radical (unpaired) electrons. The van der Waals surface area contributed by atoms with Crippen molar-refractivity contribution in [1.29, 1.82) is 0 Å². The fraction of sp³-hybridized carbons (Fsp3) is 0.962. The fourth-order valence-corrected chi connectivity index (χ4v) is 15.1. The van der Waals surface area contributed by atoms with E-state index in [1.165, 1.54) is 5.57 Å². The third kappa shape index (κ3) is 10.5. The van der Waals surface area contributed by atoms with Crippen molar-refractivity contribution in [1.82, 2.24) is 0 Å². The van der Waals surface area contributed by atoms with E-state index in [1.54, 1.807) is 13.8 Å². The highest BCUT2D eigenvalue weighted by molar-refractivity contribution is 5.32. The minimum absolute atomic E-state index is 0.0278. The zero-order chi connectivity index (χ0) is 53.5. The Bertz CT molecular complexity index is 1880. The largest absolute Gasteiger partial charge is 0.394 e. The molecular weight excluding hydrogens is 961 g/mol. The molecule has 21 heteroatoms. The van der Waals surface area contributed by atoms with Crippen molar-refractivity contribution < 1.29 is 104 Å². The number of allylic oxidation sites excluding steroid dienone is 1. The fourth-order valence-electron chi connectivity index (χ4n) is 15.1. The molecule has 73 heavy (non-hydrogen) atoms. The minimum atomic E-state index is -1.79. The Balaban J connectivity index is 0.931. The quantitative estimate of drug-likeness (QED) is 0.0882. The molecule has 8 rings (SSSR count). The number of ether oxygens (including phenoxy) is 8. The summed E-state index contributed by atoms with van der Waals surface area (Å²) in [6.45, 7) is 15.3. The zero-order valence-corrected chi connectivity index (χ0v) is 43.7. The third-order valence-electron chi connectivity index (χ3n) is 19.8. The normalized spacial score (nSPS) is 51.1. The molecule has 0 aromatic carbocycles. The maximum absolute atomic E-state index is 12.7. The van der Waals surface area contributed by atoms with Gasteiger partial charge in [0.25, 0.3) is 0 Å². The van der Waals surface area contributed by atoms with Crippen molar-refractivity contribution in [3.05, 3.63) is 11.6 Å². The summed E-state index contributed by atoms with van der Waals surface area (Å²) >= 11 is 0. The molecule has 0 spiro atoms. The predicted molar refractivity (Wildman–Crippen MR) is 254 cm³/mol. The zero-order valence-electron chi connectivity index (χ0n) is 43.7. The number of rotatable bonds is 15. The Kier molecular flexibility index (Phi) is 17.4. The standard InChI is InChI=1S/C52H88O21/c1-23(9-13-35(49(4,5)65)72-47-43(36(58)29(56)21-67-47)73-46-42(64)39(61)37(59)30(19-53)69-46)25-15-16-50(6)32-12-10-26-27(52(32,8)33(57)18-51(25,50)7)11-14-34(48(26,2)3)71-45-41(63)40(62)38(60)31(70-45)22-68-44-28(55)17-24(54)20-66-44/h10,23-25,27-47,53-65H,9,11-22H2,1-8H3/t23-,24?,25-,27-,28-,29-,30+,31?,32+,33-,34+,35?,36+,37+,38-,39-,40+,41-,42+,43-,44+,45+,46-,47+,50+,51?,52+/m1/s1. The van der Waals surface area contributed by atoms with Gasteiger partial charge in [-0.1, -0.05) is 53.2 Å². The van der Waals surface area contributed by atoms with Gasteiger partial charge in [0.05, 0.1) is 56.4 Å². The van der Waals surface area contributed by atoms with Crippen LogP contribution in [-0.4, -0.2) is 221 Å². The van der Waals surface area contributed by atoms with Gasteiger partial charge in [0, 0.05) is 17.3 Å². The van der Waals surface area contributed by atoms with Gasteiger partial charge in [-0.3, -0.25) is 0 Å². The number of aliphatic hydroxyl groups is 13. The van der Waals surface area contributed by atoms with Crippen LogP contribution in [-0.2, 0) is 37.9 Å². The van der Waals surface area contributed by atoms with Gasteiger partial charge >= 0.3 is 0 Å². The van der Waals surface area contributed by atoms with Crippen LogP contribution >= 0.6 is 0 Å². The smallest absolute Gasteiger partial charge is 0.187 e. The molecule has 0 aromatic heterocycles. The highest BCUT2D eigenvalue weighted by Crippen LogP contribution is 2.75. The molecule has 4 heterocycles. The molecule has 8 aliphatic rings. The Morgan fingerprint density at radius 3 is 1.97 bits per heavy atom. The van der Waals surface area contributed by atoms with Gasteiger partial charge in [0.1, 0.15) is 73.2 Å². The number of aliphatic hydroxyl groups excluding tert-OH is 12. The lowest BCUT2D eigenvalue weighted by molar-refractivity contribution is -0.364. The topological polar surface area (TPSA) is 337 Å². The summed E-state index contributed by atoms with van der Waals surface area (Å²) in [5.41, 5.74) is -1.72. The molecule has 4 aliphatic carbocycles. The molecule has 21 nitrogen and oxygen atoms in total. The number of fused-ring (bicyclic) bond motifs is 5. The first-order chi connectivity index (χ1) is 34.1. The molecule has 4 saturated heterocycles. The molecule has 4 unspecified atom stereocenters. The van der Waals surface area contributed by atoms with Crippen LogP contribution in [0.5, 0.6) is 0 Å². The van der Waals surface area contributed by atoms with Crippen molar-refractivity contribution in [2.45, 2.75) is 242 Å². The van der Waals surface area contributed by atoms with E-state index < -0.39 is 146 Å². The van der Waals surface area contributed by atoms with Crippen LogP contribution in [0.4, 0.5) is 0 Å². The molecular formula is C52H88O21. The van der Waals surface area contributed by atoms with Gasteiger partial charge < -0.3 is 104 Å². The van der Waals surface area contributed by atoms with Crippen LogP contribution in [0.15, 0.2) is 11.6 Å². The van der Waals surface area contributed by atoms with E-state index in [2.05, 4.69) is 47.6 Å². The van der Waals surface area contributed by atoms with Crippen molar-refractivity contribution in [3.63, 3.8) is 0 Å². The lowest BCUT2D eigenvalue weighted by atomic mass is 9.38. The molecule has 4 aliphatic heterocycles. The van der Waals surface area contributed by atoms with Crippen molar-refractivity contribution >= 4 is 0 Å².